The summed E-state index contributed by atoms with van der Waals surface area (Å²) in [6.07, 6.45) is 3.92. The van der Waals surface area contributed by atoms with Crippen molar-refractivity contribution in [1.29, 1.82) is 0 Å². The number of piperidine rings is 1. The maximum absolute atomic E-state index is 11.8. The van der Waals surface area contributed by atoms with Crippen LogP contribution in [-0.2, 0) is 9.53 Å². The molecule has 100 valence electrons. The van der Waals surface area contributed by atoms with Gasteiger partial charge in [0.05, 0.1) is 0 Å². The van der Waals surface area contributed by atoms with E-state index < -0.39 is 0 Å². The first-order chi connectivity index (χ1) is 8.13. The molecular weight excluding hydrogens is 216 g/mol. The standard InChI is InChI=1S/C13H26N2O2/c1-10-5-4-7-14-12(10)9-13(16)15-11(2)6-8-17-3/h10-12,14H,4-9H2,1-3H3,(H,15,16). The highest BCUT2D eigenvalue weighted by Gasteiger charge is 2.23. The van der Waals surface area contributed by atoms with Gasteiger partial charge in [-0.15, -0.1) is 0 Å². The molecule has 17 heavy (non-hydrogen) atoms. The largest absolute Gasteiger partial charge is 0.385 e. The molecule has 1 aliphatic heterocycles. The monoisotopic (exact) mass is 242 g/mol. The summed E-state index contributed by atoms with van der Waals surface area (Å²) >= 11 is 0. The zero-order valence-electron chi connectivity index (χ0n) is 11.3. The van der Waals surface area contributed by atoms with E-state index >= 15 is 0 Å². The lowest BCUT2D eigenvalue weighted by Gasteiger charge is -2.30. The quantitative estimate of drug-likeness (QED) is 0.738. The molecule has 1 saturated heterocycles. The van der Waals surface area contributed by atoms with Crippen molar-refractivity contribution >= 4 is 5.91 Å². The Morgan fingerprint density at radius 3 is 3.00 bits per heavy atom. The summed E-state index contributed by atoms with van der Waals surface area (Å²) in [4.78, 5) is 11.8. The normalized spacial score (nSPS) is 26.5. The summed E-state index contributed by atoms with van der Waals surface area (Å²) in [7, 11) is 1.68. The maximum atomic E-state index is 11.8. The van der Waals surface area contributed by atoms with E-state index in [0.29, 0.717) is 25.0 Å². The van der Waals surface area contributed by atoms with Gasteiger partial charge in [-0.1, -0.05) is 6.92 Å². The molecule has 0 saturated carbocycles. The molecular formula is C13H26N2O2. The molecule has 1 fully saturated rings. The lowest BCUT2D eigenvalue weighted by molar-refractivity contribution is -0.122. The molecule has 0 aromatic carbocycles. The molecule has 0 aromatic rings. The van der Waals surface area contributed by atoms with Gasteiger partial charge in [0.2, 0.25) is 5.91 Å². The van der Waals surface area contributed by atoms with Gasteiger partial charge in [0.15, 0.2) is 0 Å². The first-order valence-electron chi connectivity index (χ1n) is 6.65. The minimum atomic E-state index is 0.153. The fourth-order valence-corrected chi connectivity index (χ4v) is 2.29. The Kier molecular flexibility index (Phi) is 6.52. The highest BCUT2D eigenvalue weighted by atomic mass is 16.5. The molecule has 1 heterocycles. The smallest absolute Gasteiger partial charge is 0.221 e. The Bertz CT molecular complexity index is 233. The fraction of sp³-hybridized carbons (Fsp3) is 0.923. The third-order valence-electron chi connectivity index (χ3n) is 3.50. The number of amides is 1. The summed E-state index contributed by atoms with van der Waals surface area (Å²) in [6.45, 7) is 5.98. The highest BCUT2D eigenvalue weighted by molar-refractivity contribution is 5.76. The predicted molar refractivity (Wildman–Crippen MR) is 68.9 cm³/mol. The summed E-state index contributed by atoms with van der Waals surface area (Å²) < 4.78 is 5.00. The number of nitrogens with one attached hydrogen (secondary N) is 2. The van der Waals surface area contributed by atoms with E-state index in [1.165, 1.54) is 12.8 Å². The van der Waals surface area contributed by atoms with Gasteiger partial charge >= 0.3 is 0 Å². The molecule has 4 nitrogen and oxygen atoms in total. The lowest BCUT2D eigenvalue weighted by Crippen LogP contribution is -2.45. The minimum absolute atomic E-state index is 0.153. The van der Waals surface area contributed by atoms with E-state index in [-0.39, 0.29) is 11.9 Å². The van der Waals surface area contributed by atoms with Crippen LogP contribution in [0.25, 0.3) is 0 Å². The molecule has 1 rings (SSSR count). The van der Waals surface area contributed by atoms with Gasteiger partial charge in [-0.3, -0.25) is 4.79 Å². The van der Waals surface area contributed by atoms with Crippen LogP contribution in [0.5, 0.6) is 0 Å². The number of methoxy groups -OCH3 is 1. The second-order valence-corrected chi connectivity index (χ2v) is 5.13. The Labute approximate surface area is 104 Å². The number of ether oxygens (including phenoxy) is 1. The number of hydrogen-bond acceptors (Lipinski definition) is 3. The molecule has 0 spiro atoms. The summed E-state index contributed by atoms with van der Waals surface area (Å²) in [5.41, 5.74) is 0. The van der Waals surface area contributed by atoms with E-state index in [0.717, 1.165) is 13.0 Å². The van der Waals surface area contributed by atoms with E-state index in [9.17, 15) is 4.79 Å². The Morgan fingerprint density at radius 1 is 1.59 bits per heavy atom. The van der Waals surface area contributed by atoms with Crippen molar-refractivity contribution in [2.75, 3.05) is 20.3 Å². The van der Waals surface area contributed by atoms with Gasteiger partial charge in [0.25, 0.3) is 0 Å². The van der Waals surface area contributed by atoms with Gasteiger partial charge in [0.1, 0.15) is 0 Å². The van der Waals surface area contributed by atoms with Crippen molar-refractivity contribution in [3.63, 3.8) is 0 Å². The Morgan fingerprint density at radius 2 is 2.35 bits per heavy atom. The van der Waals surface area contributed by atoms with Gasteiger partial charge in [-0.2, -0.15) is 0 Å². The van der Waals surface area contributed by atoms with Crippen LogP contribution in [0.3, 0.4) is 0 Å². The lowest BCUT2D eigenvalue weighted by atomic mass is 9.90. The predicted octanol–water partition coefficient (Wildman–Crippen LogP) is 1.31. The SMILES string of the molecule is COCCC(C)NC(=O)CC1NCCCC1C. The molecule has 3 atom stereocenters. The van der Waals surface area contributed by atoms with Gasteiger partial charge in [0, 0.05) is 32.2 Å². The first kappa shape index (κ1) is 14.5. The van der Waals surface area contributed by atoms with Crippen molar-refractivity contribution in [1.82, 2.24) is 10.6 Å². The Hall–Kier alpha value is -0.610. The van der Waals surface area contributed by atoms with Crippen molar-refractivity contribution < 1.29 is 9.53 Å². The van der Waals surface area contributed by atoms with Crippen molar-refractivity contribution in [3.8, 4) is 0 Å². The van der Waals surface area contributed by atoms with Crippen LogP contribution in [0.4, 0.5) is 0 Å². The number of rotatable bonds is 6. The van der Waals surface area contributed by atoms with Crippen LogP contribution in [0.2, 0.25) is 0 Å². The van der Waals surface area contributed by atoms with Crippen molar-refractivity contribution in [2.45, 2.75) is 51.6 Å². The van der Waals surface area contributed by atoms with E-state index in [4.69, 9.17) is 4.74 Å². The highest BCUT2D eigenvalue weighted by Crippen LogP contribution is 2.17. The molecule has 0 radical (unpaired) electrons. The van der Waals surface area contributed by atoms with Crippen molar-refractivity contribution in [3.05, 3.63) is 0 Å². The molecule has 4 heteroatoms. The average molecular weight is 242 g/mol. The van der Waals surface area contributed by atoms with E-state index in [1.54, 1.807) is 7.11 Å². The van der Waals surface area contributed by atoms with Crippen LogP contribution in [0.15, 0.2) is 0 Å². The molecule has 1 aliphatic rings. The summed E-state index contributed by atoms with van der Waals surface area (Å²) in [5, 5.41) is 6.45. The average Bonchev–Trinajstić information content (AvgIpc) is 2.29. The maximum Gasteiger partial charge on any atom is 0.221 e. The Balaban J connectivity index is 2.23. The van der Waals surface area contributed by atoms with Crippen molar-refractivity contribution in [2.24, 2.45) is 5.92 Å². The van der Waals surface area contributed by atoms with E-state index in [1.807, 2.05) is 6.92 Å². The number of carbonyl (C=O) groups is 1. The van der Waals surface area contributed by atoms with Crippen LogP contribution < -0.4 is 10.6 Å². The number of carbonyl (C=O) groups excluding carboxylic acids is 1. The first-order valence-corrected chi connectivity index (χ1v) is 6.65. The third kappa shape index (κ3) is 5.50. The summed E-state index contributed by atoms with van der Waals surface area (Å²) in [6, 6.07) is 0.541. The van der Waals surface area contributed by atoms with Gasteiger partial charge in [-0.05, 0) is 38.6 Å². The zero-order chi connectivity index (χ0) is 12.7. The molecule has 2 N–H and O–H groups in total. The summed E-state index contributed by atoms with van der Waals surface area (Å²) in [5.74, 6) is 0.753. The van der Waals surface area contributed by atoms with Gasteiger partial charge in [-0.25, -0.2) is 0 Å². The van der Waals surface area contributed by atoms with E-state index in [2.05, 4.69) is 17.6 Å². The molecule has 0 aliphatic carbocycles. The van der Waals surface area contributed by atoms with Crippen LogP contribution in [0.1, 0.15) is 39.5 Å². The van der Waals surface area contributed by atoms with Crippen LogP contribution in [0, 0.1) is 5.92 Å². The topological polar surface area (TPSA) is 50.4 Å². The fourth-order valence-electron chi connectivity index (χ4n) is 2.29. The molecule has 3 unspecified atom stereocenters. The molecule has 1 amide bonds. The second-order valence-electron chi connectivity index (χ2n) is 5.13. The minimum Gasteiger partial charge on any atom is -0.385 e. The third-order valence-corrected chi connectivity index (χ3v) is 3.50. The van der Waals surface area contributed by atoms with Crippen LogP contribution >= 0.6 is 0 Å². The van der Waals surface area contributed by atoms with Crippen LogP contribution in [-0.4, -0.2) is 38.3 Å². The van der Waals surface area contributed by atoms with Gasteiger partial charge < -0.3 is 15.4 Å². The number of hydrogen-bond donors (Lipinski definition) is 2. The molecule has 0 aromatic heterocycles. The molecule has 0 bridgehead atoms. The second kappa shape index (κ2) is 7.67. The zero-order valence-corrected chi connectivity index (χ0v) is 11.3.